The number of nitrogens with zero attached hydrogens (tertiary/aromatic N) is 1. The van der Waals surface area contributed by atoms with Crippen molar-refractivity contribution in [2.75, 3.05) is 50.1 Å². The van der Waals surface area contributed by atoms with Gasteiger partial charge in [-0.25, -0.2) is 0 Å². The summed E-state index contributed by atoms with van der Waals surface area (Å²) in [7, 11) is 1.61. The number of aryl methyl sites for hydroxylation is 1. The van der Waals surface area contributed by atoms with Gasteiger partial charge in [-0.2, -0.15) is 0 Å². The molecule has 1 aliphatic heterocycles. The molecule has 0 spiro atoms. The summed E-state index contributed by atoms with van der Waals surface area (Å²) in [6.07, 6.45) is 0. The fourth-order valence-corrected chi connectivity index (χ4v) is 3.46. The van der Waals surface area contributed by atoms with Crippen molar-refractivity contribution in [1.29, 1.82) is 0 Å². The zero-order chi connectivity index (χ0) is 18.5. The number of piperazine rings is 1. The van der Waals surface area contributed by atoms with E-state index < -0.39 is 0 Å². The van der Waals surface area contributed by atoms with Crippen LogP contribution < -0.4 is 19.9 Å². The lowest BCUT2D eigenvalue weighted by molar-refractivity contribution is -0.892. The van der Waals surface area contributed by atoms with Crippen molar-refractivity contribution < 1.29 is 14.4 Å². The van der Waals surface area contributed by atoms with E-state index in [0.717, 1.165) is 48.1 Å². The van der Waals surface area contributed by atoms with Gasteiger partial charge in [-0.05, 0) is 42.8 Å². The molecule has 1 fully saturated rings. The highest BCUT2D eigenvalue weighted by Gasteiger charge is 2.23. The summed E-state index contributed by atoms with van der Waals surface area (Å²) in [6.45, 7) is 6.12. The number of anilines is 2. The molecule has 1 aliphatic rings. The Morgan fingerprint density at radius 2 is 2.00 bits per heavy atom. The van der Waals surface area contributed by atoms with Gasteiger partial charge in [-0.1, -0.05) is 23.7 Å². The molecule has 26 heavy (non-hydrogen) atoms. The average molecular weight is 375 g/mol. The summed E-state index contributed by atoms with van der Waals surface area (Å²) in [5.74, 6) is 0.699. The Morgan fingerprint density at radius 1 is 1.23 bits per heavy atom. The Balaban J connectivity index is 1.53. The van der Waals surface area contributed by atoms with Crippen molar-refractivity contribution in [2.45, 2.75) is 6.92 Å². The third-order valence-electron chi connectivity index (χ3n) is 4.68. The predicted molar refractivity (Wildman–Crippen MR) is 106 cm³/mol. The SMILES string of the molecule is COc1ccc(C)cc1NC(=O)C[NH+]1CCN(c2cccc(Cl)c2)CC1. The van der Waals surface area contributed by atoms with Crippen molar-refractivity contribution in [3.05, 3.63) is 53.1 Å². The summed E-state index contributed by atoms with van der Waals surface area (Å²) in [6, 6.07) is 13.7. The number of halogens is 1. The third kappa shape index (κ3) is 4.68. The molecule has 0 atom stereocenters. The number of methoxy groups -OCH3 is 1. The second-order valence-corrected chi connectivity index (χ2v) is 7.08. The average Bonchev–Trinajstić information content (AvgIpc) is 2.62. The molecule has 1 heterocycles. The van der Waals surface area contributed by atoms with Gasteiger partial charge in [-0.3, -0.25) is 4.79 Å². The highest BCUT2D eigenvalue weighted by molar-refractivity contribution is 6.30. The lowest BCUT2D eigenvalue weighted by atomic mass is 10.2. The molecule has 3 rings (SSSR count). The maximum atomic E-state index is 12.4. The zero-order valence-electron chi connectivity index (χ0n) is 15.2. The first-order valence-corrected chi connectivity index (χ1v) is 9.21. The maximum absolute atomic E-state index is 12.4. The number of hydrogen-bond donors (Lipinski definition) is 2. The molecule has 0 saturated carbocycles. The molecular weight excluding hydrogens is 350 g/mol. The summed E-state index contributed by atoms with van der Waals surface area (Å²) in [4.78, 5) is 16.0. The molecule has 2 N–H and O–H groups in total. The Morgan fingerprint density at radius 3 is 2.69 bits per heavy atom. The highest BCUT2D eigenvalue weighted by atomic mass is 35.5. The Labute approximate surface area is 159 Å². The van der Waals surface area contributed by atoms with Gasteiger partial charge in [0.05, 0.1) is 39.0 Å². The molecule has 0 aromatic heterocycles. The summed E-state index contributed by atoms with van der Waals surface area (Å²) in [5, 5.41) is 3.74. The zero-order valence-corrected chi connectivity index (χ0v) is 16.0. The van der Waals surface area contributed by atoms with Crippen LogP contribution in [0.25, 0.3) is 0 Å². The highest BCUT2D eigenvalue weighted by Crippen LogP contribution is 2.25. The maximum Gasteiger partial charge on any atom is 0.279 e. The summed E-state index contributed by atoms with van der Waals surface area (Å²) < 4.78 is 5.32. The van der Waals surface area contributed by atoms with E-state index in [9.17, 15) is 4.79 Å². The first-order valence-electron chi connectivity index (χ1n) is 8.84. The van der Waals surface area contributed by atoms with E-state index in [-0.39, 0.29) is 5.91 Å². The van der Waals surface area contributed by atoms with Crippen LogP contribution in [0.15, 0.2) is 42.5 Å². The van der Waals surface area contributed by atoms with Gasteiger partial charge in [0, 0.05) is 10.7 Å². The standard InChI is InChI=1S/C20H24ClN3O2/c1-15-6-7-19(26-2)18(12-15)22-20(25)14-23-8-10-24(11-9-23)17-5-3-4-16(21)13-17/h3-7,12-13H,8-11,14H2,1-2H3,(H,22,25)/p+1. The van der Waals surface area contributed by atoms with Crippen LogP contribution in [0.5, 0.6) is 5.75 Å². The van der Waals surface area contributed by atoms with Crippen LogP contribution in [0, 0.1) is 6.92 Å². The molecule has 2 aromatic rings. The first kappa shape index (κ1) is 18.5. The lowest BCUT2D eigenvalue weighted by Crippen LogP contribution is -3.15. The summed E-state index contributed by atoms with van der Waals surface area (Å²) >= 11 is 6.08. The third-order valence-corrected chi connectivity index (χ3v) is 4.92. The number of nitrogens with one attached hydrogen (secondary N) is 2. The molecule has 1 amide bonds. The number of carbonyl (C=O) groups excluding carboxylic acids is 1. The number of carbonyl (C=O) groups is 1. The van der Waals surface area contributed by atoms with Crippen LogP contribution >= 0.6 is 11.6 Å². The van der Waals surface area contributed by atoms with E-state index in [4.69, 9.17) is 16.3 Å². The Hall–Kier alpha value is -2.24. The normalized spacial score (nSPS) is 15.0. The molecule has 0 aliphatic carbocycles. The van der Waals surface area contributed by atoms with E-state index in [0.29, 0.717) is 12.3 Å². The van der Waals surface area contributed by atoms with Crippen LogP contribution in [0.3, 0.4) is 0 Å². The monoisotopic (exact) mass is 374 g/mol. The Bertz CT molecular complexity index is 773. The topological polar surface area (TPSA) is 46.0 Å². The Kier molecular flexibility index (Phi) is 6.01. The van der Waals surface area contributed by atoms with Crippen LogP contribution in [0.2, 0.25) is 5.02 Å². The number of rotatable bonds is 5. The number of quaternary nitrogens is 1. The van der Waals surface area contributed by atoms with E-state index in [1.54, 1.807) is 7.11 Å². The lowest BCUT2D eigenvalue weighted by Gasteiger charge is -2.33. The van der Waals surface area contributed by atoms with E-state index in [1.807, 2.05) is 43.3 Å². The van der Waals surface area contributed by atoms with Gasteiger partial charge in [-0.15, -0.1) is 0 Å². The largest absolute Gasteiger partial charge is 0.495 e. The molecule has 6 heteroatoms. The number of ether oxygens (including phenoxy) is 1. The van der Waals surface area contributed by atoms with Crippen LogP contribution in [0.1, 0.15) is 5.56 Å². The fourth-order valence-electron chi connectivity index (χ4n) is 3.27. The smallest absolute Gasteiger partial charge is 0.279 e. The molecule has 1 saturated heterocycles. The minimum absolute atomic E-state index is 0.0140. The van der Waals surface area contributed by atoms with Gasteiger partial charge in [0.25, 0.3) is 5.91 Å². The molecule has 0 radical (unpaired) electrons. The molecule has 2 aromatic carbocycles. The number of amides is 1. The van der Waals surface area contributed by atoms with Gasteiger partial charge in [0.15, 0.2) is 6.54 Å². The van der Waals surface area contributed by atoms with Gasteiger partial charge in [0.2, 0.25) is 0 Å². The van der Waals surface area contributed by atoms with Crippen LogP contribution in [-0.4, -0.2) is 45.7 Å². The van der Waals surface area contributed by atoms with Gasteiger partial charge < -0.3 is 19.9 Å². The minimum Gasteiger partial charge on any atom is -0.495 e. The molecule has 138 valence electrons. The van der Waals surface area contributed by atoms with Crippen molar-refractivity contribution in [3.63, 3.8) is 0 Å². The second kappa shape index (κ2) is 8.43. The van der Waals surface area contributed by atoms with Crippen LogP contribution in [0.4, 0.5) is 11.4 Å². The minimum atomic E-state index is 0.0140. The predicted octanol–water partition coefficient (Wildman–Crippen LogP) is 2.00. The van der Waals surface area contributed by atoms with Crippen LogP contribution in [-0.2, 0) is 4.79 Å². The number of benzene rings is 2. The van der Waals surface area contributed by atoms with E-state index in [1.165, 1.54) is 4.90 Å². The first-order chi connectivity index (χ1) is 12.5. The summed E-state index contributed by atoms with van der Waals surface area (Å²) in [5.41, 5.74) is 2.96. The van der Waals surface area contributed by atoms with Gasteiger partial charge >= 0.3 is 0 Å². The molecule has 0 unspecified atom stereocenters. The fraction of sp³-hybridized carbons (Fsp3) is 0.350. The van der Waals surface area contributed by atoms with E-state index >= 15 is 0 Å². The van der Waals surface area contributed by atoms with Crippen molar-refractivity contribution >= 4 is 28.9 Å². The van der Waals surface area contributed by atoms with Gasteiger partial charge in [0.1, 0.15) is 5.75 Å². The van der Waals surface area contributed by atoms with Crippen molar-refractivity contribution in [2.24, 2.45) is 0 Å². The number of hydrogen-bond acceptors (Lipinski definition) is 3. The quantitative estimate of drug-likeness (QED) is 0.841. The molecule has 0 bridgehead atoms. The van der Waals surface area contributed by atoms with Crippen molar-refractivity contribution in [3.8, 4) is 5.75 Å². The van der Waals surface area contributed by atoms with E-state index in [2.05, 4.69) is 16.3 Å². The molecule has 5 nitrogen and oxygen atoms in total. The molecular formula is C20H25ClN3O2+. The second-order valence-electron chi connectivity index (χ2n) is 6.65. The van der Waals surface area contributed by atoms with Crippen molar-refractivity contribution in [1.82, 2.24) is 0 Å².